The Kier molecular flexibility index (Phi) is 7.33. The third kappa shape index (κ3) is 5.03. The normalized spacial score (nSPS) is 14.6. The van der Waals surface area contributed by atoms with Crippen LogP contribution in [0.5, 0.6) is 5.75 Å². The quantitative estimate of drug-likeness (QED) is 0.260. The van der Waals surface area contributed by atoms with Crippen LogP contribution < -0.4 is 4.74 Å². The number of hydrogen-bond donors (Lipinski definition) is 1. The second-order valence-corrected chi connectivity index (χ2v) is 9.77. The van der Waals surface area contributed by atoms with Gasteiger partial charge >= 0.3 is 11.7 Å². The van der Waals surface area contributed by atoms with Crippen molar-refractivity contribution >= 4 is 17.6 Å². The molecule has 1 aromatic heterocycles. The van der Waals surface area contributed by atoms with E-state index in [1.165, 1.54) is 18.1 Å². The Hall–Kier alpha value is -4.99. The molecule has 10 heteroatoms. The maximum atomic E-state index is 14.1. The number of nitro benzene ring substituents is 1. The molecule has 0 radical (unpaired) electrons. The molecule has 3 aromatic carbocycles. The van der Waals surface area contributed by atoms with Gasteiger partial charge < -0.3 is 19.3 Å². The molecule has 4 aromatic rings. The minimum absolute atomic E-state index is 0.0378. The highest BCUT2D eigenvalue weighted by Gasteiger charge is 2.40. The van der Waals surface area contributed by atoms with E-state index in [4.69, 9.17) is 4.74 Å². The van der Waals surface area contributed by atoms with Gasteiger partial charge in [-0.1, -0.05) is 66.7 Å². The molecular weight excluding hydrogens is 512 g/mol. The van der Waals surface area contributed by atoms with Crippen molar-refractivity contribution in [2.24, 2.45) is 0 Å². The molecule has 0 spiro atoms. The monoisotopic (exact) mass is 540 g/mol. The molecule has 10 nitrogen and oxygen atoms in total. The topological polar surface area (TPSA) is 128 Å². The van der Waals surface area contributed by atoms with Gasteiger partial charge in [0.25, 0.3) is 0 Å². The first-order valence-electron chi connectivity index (χ1n) is 12.8. The Labute approximate surface area is 230 Å². The molecule has 5 rings (SSSR count). The summed E-state index contributed by atoms with van der Waals surface area (Å²) in [5.41, 5.74) is 3.97. The Morgan fingerprint density at radius 1 is 1.10 bits per heavy atom. The highest BCUT2D eigenvalue weighted by molar-refractivity contribution is 5.91. The number of carboxylic acid groups (broad SMARTS) is 1. The smallest absolute Gasteiger partial charge is 0.326 e. The second-order valence-electron chi connectivity index (χ2n) is 9.77. The maximum absolute atomic E-state index is 14.1. The summed E-state index contributed by atoms with van der Waals surface area (Å²) in [6, 6.07) is 20.8. The number of imidazole rings is 1. The Balaban J connectivity index is 1.48. The van der Waals surface area contributed by atoms with Crippen molar-refractivity contribution in [1.29, 1.82) is 0 Å². The van der Waals surface area contributed by atoms with Gasteiger partial charge in [0, 0.05) is 24.7 Å². The first-order valence-corrected chi connectivity index (χ1v) is 12.8. The van der Waals surface area contributed by atoms with Crippen molar-refractivity contribution in [1.82, 2.24) is 14.5 Å². The zero-order valence-corrected chi connectivity index (χ0v) is 22.1. The number of hydrogen-bond acceptors (Lipinski definition) is 6. The van der Waals surface area contributed by atoms with Crippen LogP contribution in [0.1, 0.15) is 39.6 Å². The van der Waals surface area contributed by atoms with Gasteiger partial charge in [0.15, 0.2) is 5.75 Å². The van der Waals surface area contributed by atoms with E-state index in [-0.39, 0.29) is 36.9 Å². The van der Waals surface area contributed by atoms with Crippen LogP contribution in [0, 0.1) is 17.0 Å². The number of benzene rings is 3. The van der Waals surface area contributed by atoms with Crippen LogP contribution in [-0.2, 0) is 29.1 Å². The number of aryl methyl sites for hydroxylation is 1. The number of aliphatic carboxylic acids is 1. The largest absolute Gasteiger partial charge is 0.490 e. The van der Waals surface area contributed by atoms with E-state index >= 15 is 0 Å². The molecule has 1 N–H and O–H groups in total. The number of nitro groups is 1. The number of carbonyl (C=O) groups is 2. The molecular formula is C30H28N4O6. The lowest BCUT2D eigenvalue weighted by atomic mass is 9.88. The summed E-state index contributed by atoms with van der Waals surface area (Å²) in [5, 5.41) is 21.8. The van der Waals surface area contributed by atoms with Crippen LogP contribution in [0.15, 0.2) is 79.1 Å². The fourth-order valence-electron chi connectivity index (χ4n) is 5.42. The lowest BCUT2D eigenvalue weighted by molar-refractivity contribution is -0.385. The number of methoxy groups -OCH3 is 1. The average Bonchev–Trinajstić information content (AvgIpc) is 3.34. The molecule has 0 saturated heterocycles. The van der Waals surface area contributed by atoms with Crippen LogP contribution in [0.25, 0.3) is 0 Å². The lowest BCUT2D eigenvalue weighted by Gasteiger charge is -2.35. The molecule has 204 valence electrons. The Morgan fingerprint density at radius 2 is 1.73 bits per heavy atom. The van der Waals surface area contributed by atoms with Crippen LogP contribution in [0.2, 0.25) is 0 Å². The number of ether oxygens (including phenoxy) is 1. The van der Waals surface area contributed by atoms with Crippen LogP contribution in [0.3, 0.4) is 0 Å². The first kappa shape index (κ1) is 26.6. The van der Waals surface area contributed by atoms with Gasteiger partial charge in [-0.25, -0.2) is 9.78 Å². The van der Waals surface area contributed by atoms with Crippen molar-refractivity contribution in [3.8, 4) is 5.75 Å². The number of fused-ring (bicyclic) bond motifs is 1. The predicted octanol–water partition coefficient (Wildman–Crippen LogP) is 4.33. The highest BCUT2D eigenvalue weighted by atomic mass is 16.6. The summed E-state index contributed by atoms with van der Waals surface area (Å²) in [6.45, 7) is 2.03. The zero-order chi connectivity index (χ0) is 28.4. The van der Waals surface area contributed by atoms with Crippen molar-refractivity contribution in [3.63, 3.8) is 0 Å². The van der Waals surface area contributed by atoms with Gasteiger partial charge in [-0.05, 0) is 29.2 Å². The van der Waals surface area contributed by atoms with Crippen LogP contribution in [0.4, 0.5) is 5.69 Å². The SMILES string of the molecule is COc1c(C)cc(Cn2cnc3c2C[C@@H](C(=O)O)N(C(=O)C(c2ccccc2)c2ccccc2)C3)cc1[N+](=O)[O-]. The Bertz CT molecular complexity index is 1530. The third-order valence-electron chi connectivity index (χ3n) is 7.27. The van der Waals surface area contributed by atoms with Crippen LogP contribution >= 0.6 is 0 Å². The standard InChI is InChI=1S/C30H28N4O6/c1-19-13-20(14-25(34(38)39)28(19)40-2)16-32-18-31-23-17-33(26(30(36)37)15-24(23)32)29(35)27(21-9-5-3-6-10-21)22-11-7-4-8-12-22/h3-14,18,26-27H,15-17H2,1-2H3,(H,36,37)/t26-/m0/s1. The number of amides is 1. The second kappa shape index (κ2) is 11.0. The van der Waals surface area contributed by atoms with E-state index in [9.17, 15) is 24.8 Å². The molecule has 1 atom stereocenters. The number of carboxylic acids is 1. The van der Waals surface area contributed by atoms with Gasteiger partial charge in [-0.3, -0.25) is 14.9 Å². The fourth-order valence-corrected chi connectivity index (χ4v) is 5.42. The predicted molar refractivity (Wildman–Crippen MR) is 146 cm³/mol. The van der Waals surface area contributed by atoms with Crippen LogP contribution in [-0.4, -0.2) is 49.5 Å². The van der Waals surface area contributed by atoms with Crippen molar-refractivity contribution in [2.45, 2.75) is 38.4 Å². The molecule has 0 aliphatic carbocycles. The number of carbonyl (C=O) groups excluding carboxylic acids is 1. The van der Waals surface area contributed by atoms with E-state index in [2.05, 4.69) is 4.98 Å². The van der Waals surface area contributed by atoms with Crippen molar-refractivity contribution in [2.75, 3.05) is 7.11 Å². The summed E-state index contributed by atoms with van der Waals surface area (Å²) in [6.07, 6.45) is 1.65. The van der Waals surface area contributed by atoms with Gasteiger partial charge in [0.05, 0.1) is 36.5 Å². The van der Waals surface area contributed by atoms with Gasteiger partial charge in [-0.15, -0.1) is 0 Å². The molecule has 1 amide bonds. The minimum Gasteiger partial charge on any atom is -0.490 e. The molecule has 2 heterocycles. The molecule has 0 bridgehead atoms. The maximum Gasteiger partial charge on any atom is 0.326 e. The molecule has 1 aliphatic heterocycles. The van der Waals surface area contributed by atoms with Crippen molar-refractivity contribution < 1.29 is 24.4 Å². The van der Waals surface area contributed by atoms with E-state index in [1.54, 1.807) is 23.9 Å². The number of aromatic nitrogens is 2. The van der Waals surface area contributed by atoms with Gasteiger partial charge in [0.1, 0.15) is 6.04 Å². The third-order valence-corrected chi connectivity index (χ3v) is 7.27. The summed E-state index contributed by atoms with van der Waals surface area (Å²) in [5.74, 6) is -1.89. The summed E-state index contributed by atoms with van der Waals surface area (Å²) < 4.78 is 7.01. The van der Waals surface area contributed by atoms with E-state index < -0.39 is 22.9 Å². The highest BCUT2D eigenvalue weighted by Crippen LogP contribution is 2.34. The first-order chi connectivity index (χ1) is 19.3. The molecule has 0 saturated carbocycles. The van der Waals surface area contributed by atoms with E-state index in [1.807, 2.05) is 60.7 Å². The number of nitrogens with zero attached hydrogens (tertiary/aromatic N) is 4. The lowest BCUT2D eigenvalue weighted by Crippen LogP contribution is -2.50. The number of rotatable bonds is 8. The fraction of sp³-hybridized carbons (Fsp3) is 0.233. The van der Waals surface area contributed by atoms with Crippen molar-refractivity contribution in [3.05, 3.63) is 123 Å². The van der Waals surface area contributed by atoms with E-state index in [0.717, 1.165) is 11.1 Å². The van der Waals surface area contributed by atoms with Gasteiger partial charge in [0.2, 0.25) is 5.91 Å². The Morgan fingerprint density at radius 3 is 2.27 bits per heavy atom. The van der Waals surface area contributed by atoms with Gasteiger partial charge in [-0.2, -0.15) is 0 Å². The summed E-state index contributed by atoms with van der Waals surface area (Å²) >= 11 is 0. The summed E-state index contributed by atoms with van der Waals surface area (Å²) in [7, 11) is 1.39. The molecule has 0 fully saturated rings. The van der Waals surface area contributed by atoms with E-state index in [0.29, 0.717) is 22.5 Å². The molecule has 0 unspecified atom stereocenters. The molecule has 1 aliphatic rings. The average molecular weight is 541 g/mol. The zero-order valence-electron chi connectivity index (χ0n) is 22.1. The minimum atomic E-state index is -1.11. The summed E-state index contributed by atoms with van der Waals surface area (Å²) in [4.78, 5) is 43.6. The molecule has 40 heavy (non-hydrogen) atoms.